The molecule has 1 aromatic carbocycles. The van der Waals surface area contributed by atoms with Crippen molar-refractivity contribution in [3.63, 3.8) is 0 Å². The molecule has 0 fully saturated rings. The van der Waals surface area contributed by atoms with E-state index in [9.17, 15) is 0 Å². The van der Waals surface area contributed by atoms with Gasteiger partial charge in [-0.1, -0.05) is 17.7 Å². The summed E-state index contributed by atoms with van der Waals surface area (Å²) < 4.78 is 0. The van der Waals surface area contributed by atoms with Crippen LogP contribution in [0.15, 0.2) is 18.2 Å². The normalized spacial score (nSPS) is 20.5. The summed E-state index contributed by atoms with van der Waals surface area (Å²) >= 11 is 5.98. The van der Waals surface area contributed by atoms with Gasteiger partial charge in [0.1, 0.15) is 0 Å². The Hall–Kier alpha value is -0.990. The van der Waals surface area contributed by atoms with E-state index in [4.69, 9.17) is 11.6 Å². The molecule has 1 atom stereocenters. The van der Waals surface area contributed by atoms with Crippen molar-refractivity contribution >= 4 is 22.5 Å². The molecular weight excluding hydrogens is 208 g/mol. The monoisotopic (exact) mass is 220 g/mol. The fourth-order valence-electron chi connectivity index (χ4n) is 2.40. The van der Waals surface area contributed by atoms with E-state index < -0.39 is 0 Å². The van der Waals surface area contributed by atoms with Gasteiger partial charge in [0.2, 0.25) is 0 Å². The third kappa shape index (κ3) is 1.36. The summed E-state index contributed by atoms with van der Waals surface area (Å²) in [6, 6.07) is 6.50. The largest absolute Gasteiger partial charge is 0.357 e. The van der Waals surface area contributed by atoms with Gasteiger partial charge in [-0.3, -0.25) is 0 Å². The Balaban J connectivity index is 2.30. The number of nitrogens with one attached hydrogen (secondary N) is 2. The molecule has 2 aromatic rings. The van der Waals surface area contributed by atoms with E-state index in [0.29, 0.717) is 6.04 Å². The molecule has 2 heterocycles. The summed E-state index contributed by atoms with van der Waals surface area (Å²) in [5.74, 6) is 0. The quantitative estimate of drug-likeness (QED) is 0.702. The average Bonchev–Trinajstić information content (AvgIpc) is 2.57. The highest BCUT2D eigenvalue weighted by atomic mass is 35.5. The van der Waals surface area contributed by atoms with Gasteiger partial charge in [-0.2, -0.15) is 0 Å². The van der Waals surface area contributed by atoms with E-state index in [0.717, 1.165) is 23.5 Å². The smallest absolute Gasteiger partial charge is 0.0474 e. The number of fused-ring (bicyclic) bond motifs is 3. The van der Waals surface area contributed by atoms with Crippen LogP contribution in [-0.4, -0.2) is 11.5 Å². The van der Waals surface area contributed by atoms with E-state index in [-0.39, 0.29) is 0 Å². The lowest BCUT2D eigenvalue weighted by Gasteiger charge is -2.20. The van der Waals surface area contributed by atoms with Gasteiger partial charge in [0.05, 0.1) is 0 Å². The maximum atomic E-state index is 5.98. The molecule has 0 spiro atoms. The van der Waals surface area contributed by atoms with Crippen molar-refractivity contribution in [2.45, 2.75) is 19.4 Å². The lowest BCUT2D eigenvalue weighted by molar-refractivity contribution is 0.533. The molecule has 0 aliphatic carbocycles. The molecule has 1 unspecified atom stereocenters. The molecule has 3 rings (SSSR count). The standard InChI is InChI=1S/C12H13ClN2/c1-7-12-10(4-5-14-7)9-3-2-8(13)6-11(9)15-12/h2-3,6-7,14-15H,4-5H2,1H3. The van der Waals surface area contributed by atoms with E-state index in [2.05, 4.69) is 23.3 Å². The van der Waals surface area contributed by atoms with Crippen LogP contribution in [0.4, 0.5) is 0 Å². The minimum atomic E-state index is 0.417. The Bertz CT molecular complexity index is 516. The highest BCUT2D eigenvalue weighted by Crippen LogP contribution is 2.30. The van der Waals surface area contributed by atoms with Crippen LogP contribution in [0.25, 0.3) is 10.9 Å². The van der Waals surface area contributed by atoms with Crippen molar-refractivity contribution in [1.29, 1.82) is 0 Å². The molecule has 1 aliphatic rings. The Morgan fingerprint density at radius 1 is 1.40 bits per heavy atom. The molecular formula is C12H13ClN2. The first-order chi connectivity index (χ1) is 7.25. The van der Waals surface area contributed by atoms with Crippen molar-refractivity contribution in [2.24, 2.45) is 0 Å². The van der Waals surface area contributed by atoms with Crippen LogP contribution >= 0.6 is 11.6 Å². The highest BCUT2D eigenvalue weighted by molar-refractivity contribution is 6.31. The maximum Gasteiger partial charge on any atom is 0.0474 e. The summed E-state index contributed by atoms with van der Waals surface area (Å²) in [4.78, 5) is 3.46. The van der Waals surface area contributed by atoms with E-state index >= 15 is 0 Å². The predicted octanol–water partition coefficient (Wildman–Crippen LogP) is 3.03. The summed E-state index contributed by atoms with van der Waals surface area (Å²) in [6.07, 6.45) is 1.10. The molecule has 0 amide bonds. The van der Waals surface area contributed by atoms with E-state index in [1.807, 2.05) is 12.1 Å². The summed E-state index contributed by atoms with van der Waals surface area (Å²) in [5.41, 5.74) is 3.93. The average molecular weight is 221 g/mol. The van der Waals surface area contributed by atoms with Crippen molar-refractivity contribution in [3.05, 3.63) is 34.5 Å². The van der Waals surface area contributed by atoms with Gasteiger partial charge in [-0.05, 0) is 37.6 Å². The molecule has 0 bridgehead atoms. The van der Waals surface area contributed by atoms with Gasteiger partial charge >= 0.3 is 0 Å². The van der Waals surface area contributed by atoms with Crippen LogP contribution in [0, 0.1) is 0 Å². The summed E-state index contributed by atoms with van der Waals surface area (Å²) in [7, 11) is 0. The van der Waals surface area contributed by atoms with E-state index in [1.165, 1.54) is 16.6 Å². The van der Waals surface area contributed by atoms with Crippen LogP contribution < -0.4 is 5.32 Å². The Labute approximate surface area is 93.6 Å². The Morgan fingerprint density at radius 2 is 2.27 bits per heavy atom. The lowest BCUT2D eigenvalue weighted by atomic mass is 10.0. The predicted molar refractivity (Wildman–Crippen MR) is 63.4 cm³/mol. The van der Waals surface area contributed by atoms with Gasteiger partial charge in [0.15, 0.2) is 0 Å². The lowest BCUT2D eigenvalue weighted by Crippen LogP contribution is -2.27. The Morgan fingerprint density at radius 3 is 3.13 bits per heavy atom. The van der Waals surface area contributed by atoms with Gasteiger partial charge < -0.3 is 10.3 Å². The van der Waals surface area contributed by atoms with Gasteiger partial charge in [0, 0.05) is 27.7 Å². The zero-order chi connectivity index (χ0) is 10.4. The molecule has 1 aliphatic heterocycles. The summed E-state index contributed by atoms with van der Waals surface area (Å²) in [6.45, 7) is 3.25. The number of halogens is 1. The third-order valence-corrected chi connectivity index (χ3v) is 3.39. The topological polar surface area (TPSA) is 27.8 Å². The molecule has 1 aromatic heterocycles. The second kappa shape index (κ2) is 3.26. The number of benzene rings is 1. The van der Waals surface area contributed by atoms with E-state index in [1.54, 1.807) is 0 Å². The first-order valence-electron chi connectivity index (χ1n) is 5.29. The zero-order valence-electron chi connectivity index (χ0n) is 8.60. The van der Waals surface area contributed by atoms with Gasteiger partial charge in [-0.15, -0.1) is 0 Å². The number of hydrogen-bond acceptors (Lipinski definition) is 1. The first-order valence-corrected chi connectivity index (χ1v) is 5.67. The second-order valence-corrected chi connectivity index (χ2v) is 4.57. The third-order valence-electron chi connectivity index (χ3n) is 3.16. The molecule has 15 heavy (non-hydrogen) atoms. The molecule has 0 saturated carbocycles. The van der Waals surface area contributed by atoms with Crippen LogP contribution in [-0.2, 0) is 6.42 Å². The fraction of sp³-hybridized carbons (Fsp3) is 0.333. The number of hydrogen-bond donors (Lipinski definition) is 2. The number of rotatable bonds is 0. The molecule has 2 nitrogen and oxygen atoms in total. The van der Waals surface area contributed by atoms with Crippen LogP contribution in [0.1, 0.15) is 24.2 Å². The number of aromatic amines is 1. The number of H-pyrrole nitrogens is 1. The van der Waals surface area contributed by atoms with Gasteiger partial charge in [-0.25, -0.2) is 0 Å². The molecule has 0 radical (unpaired) electrons. The Kier molecular flexibility index (Phi) is 2.01. The molecule has 78 valence electrons. The SMILES string of the molecule is CC1NCCc2c1[nH]c1cc(Cl)ccc21. The molecule has 3 heteroatoms. The number of aromatic nitrogens is 1. The van der Waals surface area contributed by atoms with Crippen molar-refractivity contribution in [1.82, 2.24) is 10.3 Å². The second-order valence-electron chi connectivity index (χ2n) is 4.13. The minimum Gasteiger partial charge on any atom is -0.357 e. The van der Waals surface area contributed by atoms with Crippen LogP contribution in [0.5, 0.6) is 0 Å². The van der Waals surface area contributed by atoms with Crippen LogP contribution in [0.3, 0.4) is 0 Å². The minimum absolute atomic E-state index is 0.417. The fourth-order valence-corrected chi connectivity index (χ4v) is 2.58. The highest BCUT2D eigenvalue weighted by Gasteiger charge is 2.20. The van der Waals surface area contributed by atoms with Crippen molar-refractivity contribution in [2.75, 3.05) is 6.54 Å². The zero-order valence-corrected chi connectivity index (χ0v) is 9.36. The van der Waals surface area contributed by atoms with Gasteiger partial charge in [0.25, 0.3) is 0 Å². The van der Waals surface area contributed by atoms with Crippen LogP contribution in [0.2, 0.25) is 5.02 Å². The van der Waals surface area contributed by atoms with Crippen molar-refractivity contribution in [3.8, 4) is 0 Å². The molecule has 2 N–H and O–H groups in total. The summed E-state index contributed by atoms with van der Waals surface area (Å²) in [5, 5.41) is 5.56. The van der Waals surface area contributed by atoms with Crippen molar-refractivity contribution < 1.29 is 0 Å². The molecule has 0 saturated heterocycles. The first kappa shape index (κ1) is 9.25. The maximum absolute atomic E-state index is 5.98.